The van der Waals surface area contributed by atoms with Gasteiger partial charge in [0.2, 0.25) is 5.91 Å². The van der Waals surface area contributed by atoms with Gasteiger partial charge in [-0.3, -0.25) is 9.59 Å². The second kappa shape index (κ2) is 6.52. The third-order valence-electron chi connectivity index (χ3n) is 4.15. The van der Waals surface area contributed by atoms with E-state index in [4.69, 9.17) is 5.73 Å². The van der Waals surface area contributed by atoms with E-state index in [-0.39, 0.29) is 24.3 Å². The number of nitrogens with one attached hydrogen (secondary N) is 1. The van der Waals surface area contributed by atoms with Crippen molar-refractivity contribution in [3.63, 3.8) is 0 Å². The zero-order valence-electron chi connectivity index (χ0n) is 12.5. The number of rotatable bonds is 7. The lowest BCUT2D eigenvalue weighted by atomic mass is 9.95. The highest BCUT2D eigenvalue weighted by molar-refractivity contribution is 5.98. The highest BCUT2D eigenvalue weighted by Gasteiger charge is 2.41. The maximum atomic E-state index is 13.1. The Labute approximate surface area is 128 Å². The first-order valence-electron chi connectivity index (χ1n) is 7.35. The molecular formula is C16H20F2N2O2. The average molecular weight is 310 g/mol. The fourth-order valence-corrected chi connectivity index (χ4v) is 2.46. The molecular weight excluding hydrogens is 290 g/mol. The molecule has 4 nitrogen and oxygen atoms in total. The van der Waals surface area contributed by atoms with Crippen LogP contribution >= 0.6 is 0 Å². The van der Waals surface area contributed by atoms with Gasteiger partial charge in [0, 0.05) is 24.9 Å². The molecule has 1 aliphatic carbocycles. The molecule has 22 heavy (non-hydrogen) atoms. The average Bonchev–Trinajstić information content (AvgIpc) is 3.32. The molecule has 0 heterocycles. The van der Waals surface area contributed by atoms with Crippen LogP contribution in [0.4, 0.5) is 8.78 Å². The van der Waals surface area contributed by atoms with E-state index in [1.807, 2.05) is 6.92 Å². The van der Waals surface area contributed by atoms with Crippen LogP contribution in [0.3, 0.4) is 0 Å². The molecule has 1 atom stereocenters. The number of carbonyl (C=O) groups excluding carboxylic acids is 2. The Morgan fingerprint density at radius 1 is 1.27 bits per heavy atom. The van der Waals surface area contributed by atoms with Crippen molar-refractivity contribution in [1.82, 2.24) is 5.32 Å². The van der Waals surface area contributed by atoms with E-state index in [1.54, 1.807) is 0 Å². The number of ketones is 1. The molecule has 2 rings (SSSR count). The van der Waals surface area contributed by atoms with Crippen molar-refractivity contribution < 1.29 is 18.4 Å². The molecule has 1 saturated carbocycles. The molecule has 1 unspecified atom stereocenters. The van der Waals surface area contributed by atoms with Crippen LogP contribution in [-0.2, 0) is 4.79 Å². The number of Topliss-reactive ketones (excluding diaryl/α,β-unsaturated/α-hetero) is 1. The van der Waals surface area contributed by atoms with Crippen molar-refractivity contribution in [3.8, 4) is 0 Å². The van der Waals surface area contributed by atoms with Crippen molar-refractivity contribution in [2.75, 3.05) is 6.54 Å². The zero-order chi connectivity index (χ0) is 16.3. The summed E-state index contributed by atoms with van der Waals surface area (Å²) in [7, 11) is 0. The molecule has 1 amide bonds. The molecule has 0 aromatic heterocycles. The Balaban J connectivity index is 1.87. The van der Waals surface area contributed by atoms with Crippen LogP contribution in [0, 0.1) is 17.6 Å². The lowest BCUT2D eigenvalue weighted by Gasteiger charge is -2.29. The van der Waals surface area contributed by atoms with Crippen LogP contribution in [0.1, 0.15) is 43.0 Å². The summed E-state index contributed by atoms with van der Waals surface area (Å²) in [5.74, 6) is -2.33. The van der Waals surface area contributed by atoms with Gasteiger partial charge >= 0.3 is 0 Å². The van der Waals surface area contributed by atoms with E-state index in [1.165, 1.54) is 6.07 Å². The molecule has 1 aromatic rings. The molecule has 120 valence electrons. The van der Waals surface area contributed by atoms with E-state index in [2.05, 4.69) is 5.32 Å². The first kappa shape index (κ1) is 16.5. The maximum Gasteiger partial charge on any atom is 0.220 e. The Morgan fingerprint density at radius 2 is 1.95 bits per heavy atom. The lowest BCUT2D eigenvalue weighted by Crippen LogP contribution is -2.53. The van der Waals surface area contributed by atoms with Gasteiger partial charge in [-0.25, -0.2) is 8.78 Å². The predicted molar refractivity (Wildman–Crippen MR) is 78.2 cm³/mol. The first-order valence-corrected chi connectivity index (χ1v) is 7.35. The first-order chi connectivity index (χ1) is 10.4. The van der Waals surface area contributed by atoms with Gasteiger partial charge in [0.25, 0.3) is 0 Å². The summed E-state index contributed by atoms with van der Waals surface area (Å²) in [5, 5.41) is 2.88. The van der Waals surface area contributed by atoms with E-state index in [0.29, 0.717) is 12.5 Å². The Bertz CT molecular complexity index is 588. The number of nitrogens with two attached hydrogens (primary N) is 1. The van der Waals surface area contributed by atoms with Gasteiger partial charge in [-0.05, 0) is 43.9 Å². The summed E-state index contributed by atoms with van der Waals surface area (Å²) in [5.41, 5.74) is 5.35. The summed E-state index contributed by atoms with van der Waals surface area (Å²) in [4.78, 5) is 23.9. The van der Waals surface area contributed by atoms with Gasteiger partial charge in [0.15, 0.2) is 17.4 Å². The number of hydrogen-bond acceptors (Lipinski definition) is 3. The molecule has 1 fully saturated rings. The predicted octanol–water partition coefficient (Wildman–Crippen LogP) is 2.17. The van der Waals surface area contributed by atoms with Crippen LogP contribution in [0.15, 0.2) is 18.2 Å². The summed E-state index contributed by atoms with van der Waals surface area (Å²) in [6.07, 6.45) is 2.03. The fraction of sp³-hybridized carbons (Fsp3) is 0.500. The number of carbonyl (C=O) groups is 2. The smallest absolute Gasteiger partial charge is 0.220 e. The van der Waals surface area contributed by atoms with Gasteiger partial charge < -0.3 is 11.1 Å². The van der Waals surface area contributed by atoms with Crippen molar-refractivity contribution >= 4 is 11.7 Å². The van der Waals surface area contributed by atoms with Crippen LogP contribution in [0.25, 0.3) is 0 Å². The van der Waals surface area contributed by atoms with Crippen LogP contribution in [0.2, 0.25) is 0 Å². The number of hydrogen-bond donors (Lipinski definition) is 2. The minimum atomic E-state index is -1.07. The standard InChI is InChI=1S/C16H20F2N2O2/c1-16(9-19,11-3-4-11)20-15(22)7-6-14(21)10-2-5-12(17)13(18)8-10/h2,5,8,11H,3-4,6-7,9,19H2,1H3,(H,20,22). The quantitative estimate of drug-likeness (QED) is 0.758. The number of halogens is 2. The SMILES string of the molecule is CC(CN)(NC(=O)CCC(=O)c1ccc(F)c(F)c1)C1CC1. The third kappa shape index (κ3) is 3.88. The van der Waals surface area contributed by atoms with E-state index in [0.717, 1.165) is 25.0 Å². The van der Waals surface area contributed by atoms with Crippen LogP contribution in [-0.4, -0.2) is 23.8 Å². The second-order valence-electron chi connectivity index (χ2n) is 6.00. The minimum Gasteiger partial charge on any atom is -0.349 e. The highest BCUT2D eigenvalue weighted by atomic mass is 19.2. The van der Waals surface area contributed by atoms with E-state index < -0.39 is 23.0 Å². The Kier molecular flexibility index (Phi) is 4.90. The Hall–Kier alpha value is -1.82. The van der Waals surface area contributed by atoms with E-state index >= 15 is 0 Å². The Morgan fingerprint density at radius 3 is 2.50 bits per heavy atom. The monoisotopic (exact) mass is 310 g/mol. The molecule has 0 saturated heterocycles. The van der Waals surface area contributed by atoms with E-state index in [9.17, 15) is 18.4 Å². The number of benzene rings is 1. The maximum absolute atomic E-state index is 13.1. The van der Waals surface area contributed by atoms with Crippen molar-refractivity contribution in [2.24, 2.45) is 11.7 Å². The number of amides is 1. The molecule has 1 aliphatic rings. The molecule has 0 radical (unpaired) electrons. The van der Waals surface area contributed by atoms with Gasteiger partial charge in [-0.2, -0.15) is 0 Å². The molecule has 3 N–H and O–H groups in total. The molecule has 1 aromatic carbocycles. The fourth-order valence-electron chi connectivity index (χ4n) is 2.46. The zero-order valence-corrected chi connectivity index (χ0v) is 12.5. The normalized spacial score (nSPS) is 16.9. The van der Waals surface area contributed by atoms with Crippen molar-refractivity contribution in [3.05, 3.63) is 35.4 Å². The molecule has 0 aliphatic heterocycles. The summed E-state index contributed by atoms with van der Waals surface area (Å²) < 4.78 is 25.9. The topological polar surface area (TPSA) is 72.2 Å². The van der Waals surface area contributed by atoms with Gasteiger partial charge in [0.05, 0.1) is 5.54 Å². The molecule has 0 spiro atoms. The van der Waals surface area contributed by atoms with Gasteiger partial charge in [0.1, 0.15) is 0 Å². The van der Waals surface area contributed by atoms with Crippen LogP contribution in [0.5, 0.6) is 0 Å². The third-order valence-corrected chi connectivity index (χ3v) is 4.15. The molecule has 0 bridgehead atoms. The van der Waals surface area contributed by atoms with Gasteiger partial charge in [-0.1, -0.05) is 0 Å². The van der Waals surface area contributed by atoms with Gasteiger partial charge in [-0.15, -0.1) is 0 Å². The lowest BCUT2D eigenvalue weighted by molar-refractivity contribution is -0.123. The summed E-state index contributed by atoms with van der Waals surface area (Å²) >= 11 is 0. The summed E-state index contributed by atoms with van der Waals surface area (Å²) in [6, 6.07) is 2.97. The van der Waals surface area contributed by atoms with Crippen LogP contribution < -0.4 is 11.1 Å². The van der Waals surface area contributed by atoms with Crippen molar-refractivity contribution in [1.29, 1.82) is 0 Å². The van der Waals surface area contributed by atoms with Crippen molar-refractivity contribution in [2.45, 2.75) is 38.1 Å². The molecule has 6 heteroatoms. The summed E-state index contributed by atoms with van der Waals surface area (Å²) in [6.45, 7) is 2.25. The highest BCUT2D eigenvalue weighted by Crippen LogP contribution is 2.39. The second-order valence-corrected chi connectivity index (χ2v) is 6.00. The largest absolute Gasteiger partial charge is 0.349 e. The minimum absolute atomic E-state index is 0.000138.